The van der Waals surface area contributed by atoms with Crippen LogP contribution in [-0.2, 0) is 0 Å². The molecule has 4 aromatic rings. The molecule has 4 rings (SSSR count). The molecule has 0 atom stereocenters. The maximum Gasteiger partial charge on any atom is 0.260 e. The molecule has 1 N–H and O–H groups in total. The van der Waals surface area contributed by atoms with Gasteiger partial charge in [0, 0.05) is 16.0 Å². The summed E-state index contributed by atoms with van der Waals surface area (Å²) in [7, 11) is 1.64. The van der Waals surface area contributed by atoms with Crippen LogP contribution in [0.2, 0.25) is 0 Å². The van der Waals surface area contributed by atoms with Gasteiger partial charge in [-0.15, -0.1) is 11.3 Å². The Hall–Kier alpha value is -2.92. The molecule has 26 heavy (non-hydrogen) atoms. The van der Waals surface area contributed by atoms with E-state index in [2.05, 4.69) is 4.98 Å². The van der Waals surface area contributed by atoms with Crippen LogP contribution in [-0.4, -0.2) is 17.1 Å². The summed E-state index contributed by atoms with van der Waals surface area (Å²) < 4.78 is 5.32. The van der Waals surface area contributed by atoms with Gasteiger partial charge in [-0.3, -0.25) is 4.79 Å². The minimum absolute atomic E-state index is 0.118. The fraction of sp³-hybridized carbons (Fsp3) is 0.143. The van der Waals surface area contributed by atoms with Gasteiger partial charge in [0.05, 0.1) is 12.5 Å². The van der Waals surface area contributed by atoms with E-state index in [1.54, 1.807) is 18.4 Å². The fourth-order valence-corrected chi connectivity index (χ4v) is 4.14. The van der Waals surface area contributed by atoms with Crippen LogP contribution in [0.15, 0.2) is 53.3 Å². The zero-order chi connectivity index (χ0) is 18.3. The largest absolute Gasteiger partial charge is 0.497 e. The van der Waals surface area contributed by atoms with Gasteiger partial charge >= 0.3 is 0 Å². The lowest BCUT2D eigenvalue weighted by atomic mass is 10.0. The predicted molar refractivity (Wildman–Crippen MR) is 107 cm³/mol. The lowest BCUT2D eigenvalue weighted by Gasteiger charge is -2.05. The lowest BCUT2D eigenvalue weighted by molar-refractivity contribution is 0.415. The van der Waals surface area contributed by atoms with E-state index in [-0.39, 0.29) is 5.56 Å². The highest BCUT2D eigenvalue weighted by Gasteiger charge is 2.17. The molecule has 0 fully saturated rings. The number of benzene rings is 2. The van der Waals surface area contributed by atoms with Gasteiger partial charge in [-0.25, -0.2) is 4.98 Å². The van der Waals surface area contributed by atoms with Crippen molar-refractivity contribution in [2.45, 2.75) is 13.8 Å². The molecular weight excluding hydrogens is 344 g/mol. The molecule has 0 bridgehead atoms. The highest BCUT2D eigenvalue weighted by molar-refractivity contribution is 7.19. The number of H-pyrrole nitrogens is 1. The van der Waals surface area contributed by atoms with E-state index in [9.17, 15) is 4.79 Å². The monoisotopic (exact) mass is 362 g/mol. The summed E-state index contributed by atoms with van der Waals surface area (Å²) in [5, 5.41) is 0.636. The first-order valence-electron chi connectivity index (χ1n) is 8.31. The summed E-state index contributed by atoms with van der Waals surface area (Å²) in [6.07, 6.45) is 0. The summed E-state index contributed by atoms with van der Waals surface area (Å²) in [4.78, 5) is 22.4. The molecule has 0 aliphatic rings. The number of thiophene rings is 1. The van der Waals surface area contributed by atoms with Gasteiger partial charge in [0.15, 0.2) is 0 Å². The van der Waals surface area contributed by atoms with Crippen molar-refractivity contribution in [1.29, 1.82) is 0 Å². The first kappa shape index (κ1) is 16.5. The van der Waals surface area contributed by atoms with Crippen molar-refractivity contribution >= 4 is 21.6 Å². The van der Waals surface area contributed by atoms with Crippen molar-refractivity contribution in [1.82, 2.24) is 9.97 Å². The molecule has 0 radical (unpaired) electrons. The second-order valence-corrected chi connectivity index (χ2v) is 7.43. The zero-order valence-corrected chi connectivity index (χ0v) is 15.6. The number of fused-ring (bicyclic) bond motifs is 1. The van der Waals surface area contributed by atoms with Crippen molar-refractivity contribution < 1.29 is 4.74 Å². The average molecular weight is 362 g/mol. The second kappa shape index (κ2) is 6.42. The number of hydrogen-bond donors (Lipinski definition) is 1. The van der Waals surface area contributed by atoms with Crippen molar-refractivity contribution in [3.63, 3.8) is 0 Å². The number of hydrogen-bond acceptors (Lipinski definition) is 4. The van der Waals surface area contributed by atoms with Gasteiger partial charge in [-0.05, 0) is 31.5 Å². The van der Waals surface area contributed by atoms with E-state index >= 15 is 0 Å². The van der Waals surface area contributed by atoms with E-state index in [1.165, 1.54) is 5.56 Å². The van der Waals surface area contributed by atoms with Gasteiger partial charge in [0.25, 0.3) is 5.56 Å². The standard InChI is InChI=1S/C21H18N2O2S/c1-12-7-9-14(10-8-12)19-22-20(24)18-17(13(2)26-21(18)23-19)15-5-4-6-16(11-15)25-3/h4-11H,1-3H3,(H,22,23,24). The SMILES string of the molecule is COc1cccc(-c2c(C)sc3nc(-c4ccc(C)cc4)[nH]c(=O)c23)c1. The number of aromatic amines is 1. The minimum Gasteiger partial charge on any atom is -0.497 e. The summed E-state index contributed by atoms with van der Waals surface area (Å²) in [5.74, 6) is 1.36. The smallest absolute Gasteiger partial charge is 0.260 e. The molecule has 2 aromatic heterocycles. The Labute approximate surface area is 155 Å². The van der Waals surface area contributed by atoms with Crippen LogP contribution in [0.4, 0.5) is 0 Å². The first-order valence-corrected chi connectivity index (χ1v) is 9.13. The number of methoxy groups -OCH3 is 1. The van der Waals surface area contributed by atoms with Crippen LogP contribution in [0.5, 0.6) is 5.75 Å². The quantitative estimate of drug-likeness (QED) is 0.561. The number of nitrogens with one attached hydrogen (secondary N) is 1. The number of ether oxygens (including phenoxy) is 1. The molecule has 0 spiro atoms. The van der Waals surface area contributed by atoms with Crippen LogP contribution in [0.25, 0.3) is 32.7 Å². The normalized spacial score (nSPS) is 11.0. The maximum absolute atomic E-state index is 12.9. The van der Waals surface area contributed by atoms with Crippen LogP contribution in [0.1, 0.15) is 10.4 Å². The summed E-state index contributed by atoms with van der Waals surface area (Å²) in [6, 6.07) is 15.7. The molecule has 2 heterocycles. The van der Waals surface area contributed by atoms with Crippen LogP contribution in [0, 0.1) is 13.8 Å². The Balaban J connectivity index is 1.93. The van der Waals surface area contributed by atoms with E-state index in [1.807, 2.05) is 62.4 Å². The molecule has 0 aliphatic carbocycles. The van der Waals surface area contributed by atoms with Crippen LogP contribution >= 0.6 is 11.3 Å². The van der Waals surface area contributed by atoms with E-state index in [4.69, 9.17) is 9.72 Å². The lowest BCUT2D eigenvalue weighted by Crippen LogP contribution is -2.09. The molecule has 0 saturated heterocycles. The summed E-state index contributed by atoms with van der Waals surface area (Å²) >= 11 is 1.54. The maximum atomic E-state index is 12.9. The van der Waals surface area contributed by atoms with Crippen molar-refractivity contribution in [2.24, 2.45) is 0 Å². The van der Waals surface area contributed by atoms with E-state index in [0.717, 1.165) is 32.1 Å². The van der Waals surface area contributed by atoms with E-state index in [0.29, 0.717) is 11.2 Å². The van der Waals surface area contributed by atoms with Gasteiger partial charge in [-0.2, -0.15) is 0 Å². The molecule has 0 aliphatic heterocycles. The van der Waals surface area contributed by atoms with Gasteiger partial charge in [0.2, 0.25) is 0 Å². The summed E-state index contributed by atoms with van der Waals surface area (Å²) in [6.45, 7) is 4.05. The Morgan fingerprint density at radius 2 is 1.81 bits per heavy atom. The highest BCUT2D eigenvalue weighted by Crippen LogP contribution is 2.37. The van der Waals surface area contributed by atoms with Gasteiger partial charge < -0.3 is 9.72 Å². The summed E-state index contributed by atoms with van der Waals surface area (Å²) in [5.41, 5.74) is 3.84. The molecule has 4 nitrogen and oxygen atoms in total. The number of nitrogens with zero attached hydrogens (tertiary/aromatic N) is 1. The zero-order valence-electron chi connectivity index (χ0n) is 14.8. The highest BCUT2D eigenvalue weighted by atomic mass is 32.1. The Kier molecular flexibility index (Phi) is 4.09. The predicted octanol–water partition coefficient (Wildman–Crippen LogP) is 4.94. The van der Waals surface area contributed by atoms with Gasteiger partial charge in [-0.1, -0.05) is 42.0 Å². The molecule has 0 amide bonds. The third-order valence-corrected chi connectivity index (χ3v) is 5.42. The van der Waals surface area contributed by atoms with E-state index < -0.39 is 0 Å². The van der Waals surface area contributed by atoms with Crippen LogP contribution in [0.3, 0.4) is 0 Å². The van der Waals surface area contributed by atoms with Crippen molar-refractivity contribution in [3.8, 4) is 28.3 Å². The minimum atomic E-state index is -0.118. The number of rotatable bonds is 3. The molecular formula is C21H18N2O2S. The molecule has 2 aromatic carbocycles. The second-order valence-electron chi connectivity index (χ2n) is 6.23. The average Bonchev–Trinajstić information content (AvgIpc) is 2.98. The fourth-order valence-electron chi connectivity index (χ4n) is 3.09. The Bertz CT molecular complexity index is 1160. The third-order valence-electron chi connectivity index (χ3n) is 4.42. The Morgan fingerprint density at radius 1 is 1.04 bits per heavy atom. The number of aryl methyl sites for hydroxylation is 2. The molecule has 0 saturated carbocycles. The first-order chi connectivity index (χ1) is 12.6. The van der Waals surface area contributed by atoms with Crippen molar-refractivity contribution in [3.05, 3.63) is 69.3 Å². The molecule has 5 heteroatoms. The van der Waals surface area contributed by atoms with Crippen molar-refractivity contribution in [2.75, 3.05) is 7.11 Å². The third kappa shape index (κ3) is 2.80. The molecule has 0 unspecified atom stereocenters. The van der Waals surface area contributed by atoms with Crippen LogP contribution < -0.4 is 10.3 Å². The molecule has 130 valence electrons. The number of aromatic nitrogens is 2. The Morgan fingerprint density at radius 3 is 2.54 bits per heavy atom. The topological polar surface area (TPSA) is 55.0 Å². The van der Waals surface area contributed by atoms with Gasteiger partial charge in [0.1, 0.15) is 16.4 Å².